The Bertz CT molecular complexity index is 1010. The number of hydrogen-bond donors (Lipinski definition) is 1. The third-order valence-electron chi connectivity index (χ3n) is 5.00. The van der Waals surface area contributed by atoms with E-state index in [0.29, 0.717) is 6.26 Å². The highest BCUT2D eigenvalue weighted by molar-refractivity contribution is 7.85. The van der Waals surface area contributed by atoms with E-state index in [2.05, 4.69) is 53.2 Å². The van der Waals surface area contributed by atoms with Crippen molar-refractivity contribution in [2.24, 2.45) is 0 Å². The molecule has 1 fully saturated rings. The summed E-state index contributed by atoms with van der Waals surface area (Å²) in [5, 5.41) is 2.65. The Morgan fingerprint density at radius 3 is 2.57 bits per heavy atom. The van der Waals surface area contributed by atoms with Gasteiger partial charge in [0, 0.05) is 18.8 Å². The first-order valence-electron chi connectivity index (χ1n) is 9.37. The van der Waals surface area contributed by atoms with Crippen molar-refractivity contribution in [1.82, 2.24) is 9.88 Å². The van der Waals surface area contributed by atoms with Crippen molar-refractivity contribution < 1.29 is 13.0 Å². The summed E-state index contributed by atoms with van der Waals surface area (Å²) in [5.41, 5.74) is 4.60. The summed E-state index contributed by atoms with van der Waals surface area (Å²) >= 11 is 1.69. The zero-order valence-corrected chi connectivity index (χ0v) is 17.8. The van der Waals surface area contributed by atoms with Gasteiger partial charge in [-0.2, -0.15) is 8.42 Å². The van der Waals surface area contributed by atoms with Gasteiger partial charge >= 0.3 is 0 Å². The van der Waals surface area contributed by atoms with E-state index in [1.54, 1.807) is 11.3 Å². The molecule has 150 valence electrons. The lowest BCUT2D eigenvalue weighted by Gasteiger charge is -2.20. The molecule has 0 bridgehead atoms. The largest absolute Gasteiger partial charge is 0.300 e. The average molecular weight is 419 g/mol. The van der Waals surface area contributed by atoms with Gasteiger partial charge in [0.15, 0.2) is 0 Å². The number of likely N-dealkylation sites (tertiary alicyclic amines) is 1. The molecule has 0 unspecified atom stereocenters. The lowest BCUT2D eigenvalue weighted by Crippen LogP contribution is -2.28. The molecule has 1 atom stereocenters. The van der Waals surface area contributed by atoms with Crippen molar-refractivity contribution in [1.29, 1.82) is 0 Å². The van der Waals surface area contributed by atoms with Crippen LogP contribution in [-0.4, -0.2) is 48.2 Å². The van der Waals surface area contributed by atoms with Gasteiger partial charge < -0.3 is 4.90 Å². The third-order valence-corrected chi connectivity index (χ3v) is 5.82. The normalized spacial score (nSPS) is 17.5. The highest BCUT2D eigenvalue weighted by atomic mass is 32.2. The van der Waals surface area contributed by atoms with Gasteiger partial charge in [-0.05, 0) is 60.7 Å². The third kappa shape index (κ3) is 6.10. The smallest absolute Gasteiger partial charge is 0.261 e. The molecule has 4 rings (SSSR count). The predicted octanol–water partition coefficient (Wildman–Crippen LogP) is 4.49. The van der Waals surface area contributed by atoms with Gasteiger partial charge in [-0.15, -0.1) is 11.3 Å². The fourth-order valence-electron chi connectivity index (χ4n) is 3.56. The first-order valence-corrected chi connectivity index (χ1v) is 12.1. The van der Waals surface area contributed by atoms with Gasteiger partial charge in [0.1, 0.15) is 0 Å². The molecule has 0 spiro atoms. The summed E-state index contributed by atoms with van der Waals surface area (Å²) in [7, 11) is -3.67. The van der Waals surface area contributed by atoms with Gasteiger partial charge in [0.05, 0.1) is 16.6 Å². The van der Waals surface area contributed by atoms with Crippen molar-refractivity contribution in [2.45, 2.75) is 32.2 Å². The zero-order chi connectivity index (χ0) is 20.1. The van der Waals surface area contributed by atoms with Gasteiger partial charge in [-0.3, -0.25) is 9.54 Å². The van der Waals surface area contributed by atoms with E-state index in [9.17, 15) is 8.42 Å². The molecule has 2 heterocycles. The Labute approximate surface area is 170 Å². The van der Waals surface area contributed by atoms with E-state index in [1.807, 2.05) is 11.7 Å². The summed E-state index contributed by atoms with van der Waals surface area (Å²) in [6.45, 7) is 4.81. The maximum atomic E-state index is 9.19. The molecule has 1 aliphatic rings. The minimum Gasteiger partial charge on any atom is -0.300 e. The van der Waals surface area contributed by atoms with Crippen molar-refractivity contribution >= 4 is 32.2 Å². The van der Waals surface area contributed by atoms with E-state index in [0.717, 1.165) is 12.5 Å². The molecule has 1 aliphatic heterocycles. The molecule has 0 aliphatic carbocycles. The van der Waals surface area contributed by atoms with E-state index in [1.165, 1.54) is 52.7 Å². The SMILES string of the molecule is CS(=O)(=O)O.C[C@@H]1CCCN1CCc1ccc2cc(-c3cncs3)ccc2c1. The standard InChI is InChI=1S/C20H22N2S.CH4O3S/c1-15-3-2-9-22(15)10-8-16-4-5-18-12-19(7-6-17(18)11-16)20-13-21-14-23-20;1-5(2,3)4/h4-7,11-15H,2-3,8-10H2,1H3;1H3,(H,2,3,4)/t15-;/m1./s1. The van der Waals surface area contributed by atoms with Crippen molar-refractivity contribution in [3.8, 4) is 10.4 Å². The van der Waals surface area contributed by atoms with Crippen LogP contribution in [0.2, 0.25) is 0 Å². The molecule has 0 radical (unpaired) electrons. The molecule has 0 saturated carbocycles. The lowest BCUT2D eigenvalue weighted by atomic mass is 10.0. The molecule has 28 heavy (non-hydrogen) atoms. The average Bonchev–Trinajstić information content (AvgIpc) is 3.30. The molecule has 0 amide bonds. The summed E-state index contributed by atoms with van der Waals surface area (Å²) in [5.74, 6) is 0. The molecule has 3 aromatic rings. The highest BCUT2D eigenvalue weighted by Crippen LogP contribution is 2.27. The Balaban J connectivity index is 0.000000403. The molecule has 7 heteroatoms. The minimum atomic E-state index is -3.67. The highest BCUT2D eigenvalue weighted by Gasteiger charge is 2.19. The number of thiazole rings is 1. The molecule has 1 saturated heterocycles. The number of fused-ring (bicyclic) bond motifs is 1. The first-order chi connectivity index (χ1) is 13.3. The number of nitrogens with zero attached hydrogens (tertiary/aromatic N) is 2. The maximum Gasteiger partial charge on any atom is 0.261 e. The Hall–Kier alpha value is -1.80. The van der Waals surface area contributed by atoms with Crippen molar-refractivity contribution in [3.05, 3.63) is 53.7 Å². The van der Waals surface area contributed by atoms with Crippen molar-refractivity contribution in [2.75, 3.05) is 19.3 Å². The van der Waals surface area contributed by atoms with Gasteiger partial charge in [-0.25, -0.2) is 0 Å². The molecular weight excluding hydrogens is 392 g/mol. The van der Waals surface area contributed by atoms with Gasteiger partial charge in [-0.1, -0.05) is 30.3 Å². The van der Waals surface area contributed by atoms with Crippen LogP contribution in [0, 0.1) is 0 Å². The fourth-order valence-corrected chi connectivity index (χ4v) is 4.18. The predicted molar refractivity (Wildman–Crippen MR) is 117 cm³/mol. The van der Waals surface area contributed by atoms with Gasteiger partial charge in [0.25, 0.3) is 10.1 Å². The molecular formula is C21H26N2O3S2. The van der Waals surface area contributed by atoms with E-state index >= 15 is 0 Å². The first kappa shape index (κ1) is 20.9. The number of benzene rings is 2. The molecule has 5 nitrogen and oxygen atoms in total. The minimum absolute atomic E-state index is 0.715. The maximum absolute atomic E-state index is 9.19. The van der Waals surface area contributed by atoms with Crippen LogP contribution in [0.5, 0.6) is 0 Å². The number of hydrogen-bond acceptors (Lipinski definition) is 5. The topological polar surface area (TPSA) is 70.5 Å². The fraction of sp³-hybridized carbons (Fsp3) is 0.381. The second-order valence-corrected chi connectivity index (χ2v) is 9.62. The summed E-state index contributed by atoms with van der Waals surface area (Å²) in [4.78, 5) is 8.03. The van der Waals surface area contributed by atoms with Crippen LogP contribution in [-0.2, 0) is 16.5 Å². The van der Waals surface area contributed by atoms with Crippen LogP contribution in [0.4, 0.5) is 0 Å². The van der Waals surface area contributed by atoms with E-state index in [4.69, 9.17) is 4.55 Å². The van der Waals surface area contributed by atoms with Crippen LogP contribution in [0.3, 0.4) is 0 Å². The summed E-state index contributed by atoms with van der Waals surface area (Å²) < 4.78 is 25.9. The van der Waals surface area contributed by atoms with Gasteiger partial charge in [0.2, 0.25) is 0 Å². The Kier molecular flexibility index (Phi) is 6.82. The van der Waals surface area contributed by atoms with Crippen LogP contribution < -0.4 is 0 Å². The molecule has 2 aromatic carbocycles. The monoisotopic (exact) mass is 418 g/mol. The van der Waals surface area contributed by atoms with Crippen LogP contribution in [0.15, 0.2) is 48.1 Å². The second kappa shape index (κ2) is 9.13. The second-order valence-electron chi connectivity index (χ2n) is 7.27. The number of aromatic nitrogens is 1. The van der Waals surface area contributed by atoms with Crippen molar-refractivity contribution in [3.63, 3.8) is 0 Å². The Morgan fingerprint density at radius 1 is 1.21 bits per heavy atom. The van der Waals surface area contributed by atoms with E-state index in [-0.39, 0.29) is 0 Å². The summed E-state index contributed by atoms with van der Waals surface area (Å²) in [6, 6.07) is 14.4. The Morgan fingerprint density at radius 2 is 1.93 bits per heavy atom. The molecule has 1 N–H and O–H groups in total. The van der Waals surface area contributed by atoms with Crippen LogP contribution in [0.25, 0.3) is 21.2 Å². The van der Waals surface area contributed by atoms with Crippen LogP contribution >= 0.6 is 11.3 Å². The zero-order valence-electron chi connectivity index (χ0n) is 16.2. The molecule has 1 aromatic heterocycles. The van der Waals surface area contributed by atoms with E-state index < -0.39 is 10.1 Å². The number of rotatable bonds is 4. The lowest BCUT2D eigenvalue weighted by molar-refractivity contribution is 0.272. The summed E-state index contributed by atoms with van der Waals surface area (Å²) in [6.07, 6.45) is 6.53. The van der Waals surface area contributed by atoms with Crippen LogP contribution in [0.1, 0.15) is 25.3 Å². The quantitative estimate of drug-likeness (QED) is 0.632.